The predicted octanol–water partition coefficient (Wildman–Crippen LogP) is -0.467. The molecule has 2 unspecified atom stereocenters. The van der Waals surface area contributed by atoms with Crippen molar-refractivity contribution in [1.29, 1.82) is 0 Å². The van der Waals surface area contributed by atoms with E-state index in [0.29, 0.717) is 19.0 Å². The van der Waals surface area contributed by atoms with Crippen LogP contribution in [0.1, 0.15) is 13.3 Å². The van der Waals surface area contributed by atoms with Crippen LogP contribution in [0.2, 0.25) is 0 Å². The van der Waals surface area contributed by atoms with E-state index in [1.54, 1.807) is 11.2 Å². The van der Waals surface area contributed by atoms with Crippen LogP contribution in [-0.4, -0.2) is 46.3 Å². The van der Waals surface area contributed by atoms with Crippen molar-refractivity contribution >= 4 is 16.7 Å². The molecule has 0 aliphatic carbocycles. The number of rotatable bonds is 4. The van der Waals surface area contributed by atoms with Gasteiger partial charge in [0.25, 0.3) is 0 Å². The molecule has 1 heterocycles. The fourth-order valence-corrected chi connectivity index (χ4v) is 1.83. The number of carbonyl (C=O) groups excluding carboxylic acids is 1. The van der Waals surface area contributed by atoms with Gasteiger partial charge in [-0.25, -0.2) is 0 Å². The Kier molecular flexibility index (Phi) is 3.87. The van der Waals surface area contributed by atoms with Gasteiger partial charge in [0, 0.05) is 29.4 Å². The van der Waals surface area contributed by atoms with Gasteiger partial charge in [0.1, 0.15) is 0 Å². The Bertz CT molecular complexity index is 220. The van der Waals surface area contributed by atoms with Crippen molar-refractivity contribution < 1.29 is 9.00 Å². The van der Waals surface area contributed by atoms with Crippen LogP contribution in [0.25, 0.3) is 0 Å². The summed E-state index contributed by atoms with van der Waals surface area (Å²) in [5, 5.41) is 3.11. The van der Waals surface area contributed by atoms with E-state index in [2.05, 4.69) is 5.32 Å². The molecule has 0 spiro atoms. The maximum atomic E-state index is 11.5. The number of carbonyl (C=O) groups is 1. The van der Waals surface area contributed by atoms with Crippen LogP contribution in [0.4, 0.5) is 0 Å². The second-order valence-electron chi connectivity index (χ2n) is 3.20. The molecule has 1 N–H and O–H groups in total. The summed E-state index contributed by atoms with van der Waals surface area (Å²) in [5.74, 6) is 0.720. The normalized spacial score (nSPS) is 25.2. The van der Waals surface area contributed by atoms with Gasteiger partial charge in [0.15, 0.2) is 0 Å². The molecular weight excluding hydrogens is 188 g/mol. The van der Waals surface area contributed by atoms with Gasteiger partial charge in [-0.2, -0.15) is 0 Å². The van der Waals surface area contributed by atoms with Gasteiger partial charge in [0.2, 0.25) is 5.91 Å². The molecule has 2 atom stereocenters. The summed E-state index contributed by atoms with van der Waals surface area (Å²) in [7, 11) is -0.811. The van der Waals surface area contributed by atoms with Crippen LogP contribution in [0.15, 0.2) is 0 Å². The molecule has 13 heavy (non-hydrogen) atoms. The SMILES string of the molecule is CCC1NCN(CCS(C)=O)C1=O. The fourth-order valence-electron chi connectivity index (χ4n) is 1.35. The predicted molar refractivity (Wildman–Crippen MR) is 52.7 cm³/mol. The lowest BCUT2D eigenvalue weighted by molar-refractivity contribution is -0.128. The molecule has 1 fully saturated rings. The first-order valence-corrected chi connectivity index (χ1v) is 6.20. The van der Waals surface area contributed by atoms with Crippen molar-refractivity contribution in [3.63, 3.8) is 0 Å². The number of nitrogens with zero attached hydrogens (tertiary/aromatic N) is 1. The summed E-state index contributed by atoms with van der Waals surface area (Å²) in [6.45, 7) is 3.19. The third kappa shape index (κ3) is 2.77. The molecule has 1 aliphatic rings. The van der Waals surface area contributed by atoms with Crippen LogP contribution < -0.4 is 5.32 Å². The summed E-state index contributed by atoms with van der Waals surface area (Å²) < 4.78 is 10.8. The first-order chi connectivity index (χ1) is 6.15. The monoisotopic (exact) mass is 204 g/mol. The van der Waals surface area contributed by atoms with E-state index < -0.39 is 10.8 Å². The topological polar surface area (TPSA) is 49.4 Å². The minimum atomic E-state index is -0.811. The molecule has 0 saturated carbocycles. The van der Waals surface area contributed by atoms with E-state index in [1.165, 1.54) is 0 Å². The zero-order valence-corrected chi connectivity index (χ0v) is 8.89. The van der Waals surface area contributed by atoms with Crippen molar-refractivity contribution in [3.8, 4) is 0 Å². The van der Waals surface area contributed by atoms with Crippen molar-refractivity contribution in [2.45, 2.75) is 19.4 Å². The Labute approximate surface area is 81.1 Å². The molecule has 1 saturated heterocycles. The Balaban J connectivity index is 2.37. The standard InChI is InChI=1S/C8H16N2O2S/c1-3-7-8(11)10(6-9-7)4-5-13(2)12/h7,9H,3-6H2,1-2H3. The average Bonchev–Trinajstić information content (AvgIpc) is 2.43. The molecule has 1 amide bonds. The maximum Gasteiger partial charge on any atom is 0.240 e. The van der Waals surface area contributed by atoms with Crippen LogP contribution >= 0.6 is 0 Å². The molecule has 0 bridgehead atoms. The first kappa shape index (κ1) is 10.7. The highest BCUT2D eigenvalue weighted by atomic mass is 32.2. The fraction of sp³-hybridized carbons (Fsp3) is 0.875. The molecule has 0 radical (unpaired) electrons. The van der Waals surface area contributed by atoms with E-state index in [-0.39, 0.29) is 11.9 Å². The Morgan fingerprint density at radius 2 is 2.38 bits per heavy atom. The summed E-state index contributed by atoms with van der Waals surface area (Å²) in [6, 6.07) is -0.0229. The highest BCUT2D eigenvalue weighted by molar-refractivity contribution is 7.84. The largest absolute Gasteiger partial charge is 0.328 e. The van der Waals surface area contributed by atoms with E-state index in [1.807, 2.05) is 6.92 Å². The van der Waals surface area contributed by atoms with Crippen molar-refractivity contribution in [2.24, 2.45) is 0 Å². The second kappa shape index (κ2) is 4.72. The van der Waals surface area contributed by atoms with Crippen molar-refractivity contribution in [3.05, 3.63) is 0 Å². The van der Waals surface area contributed by atoms with Crippen LogP contribution in [0.3, 0.4) is 0 Å². The average molecular weight is 204 g/mol. The van der Waals surface area contributed by atoms with Crippen molar-refractivity contribution in [1.82, 2.24) is 10.2 Å². The summed E-state index contributed by atoms with van der Waals surface area (Å²) in [4.78, 5) is 13.2. The van der Waals surface area contributed by atoms with Crippen LogP contribution in [0, 0.1) is 0 Å². The second-order valence-corrected chi connectivity index (χ2v) is 4.76. The lowest BCUT2D eigenvalue weighted by Crippen LogP contribution is -2.32. The minimum Gasteiger partial charge on any atom is -0.328 e. The van der Waals surface area contributed by atoms with Gasteiger partial charge in [-0.15, -0.1) is 0 Å². The third-order valence-electron chi connectivity index (χ3n) is 2.20. The molecule has 1 aliphatic heterocycles. The molecule has 0 aromatic carbocycles. The Hall–Kier alpha value is -0.420. The number of hydrogen-bond acceptors (Lipinski definition) is 3. The maximum absolute atomic E-state index is 11.5. The number of amides is 1. The molecular formula is C8H16N2O2S. The third-order valence-corrected chi connectivity index (χ3v) is 2.95. The van der Waals surface area contributed by atoms with E-state index in [0.717, 1.165) is 6.42 Å². The smallest absolute Gasteiger partial charge is 0.240 e. The van der Waals surface area contributed by atoms with Crippen LogP contribution in [0.5, 0.6) is 0 Å². The van der Waals surface area contributed by atoms with Gasteiger partial charge in [-0.3, -0.25) is 14.3 Å². The van der Waals surface area contributed by atoms with Gasteiger partial charge in [0.05, 0.1) is 12.7 Å². The lowest BCUT2D eigenvalue weighted by atomic mass is 10.2. The lowest BCUT2D eigenvalue weighted by Gasteiger charge is -2.13. The molecule has 5 heteroatoms. The Morgan fingerprint density at radius 3 is 2.85 bits per heavy atom. The molecule has 0 aromatic rings. The molecule has 0 aromatic heterocycles. The highest BCUT2D eigenvalue weighted by Gasteiger charge is 2.28. The number of nitrogens with one attached hydrogen (secondary N) is 1. The highest BCUT2D eigenvalue weighted by Crippen LogP contribution is 2.05. The van der Waals surface area contributed by atoms with Crippen molar-refractivity contribution in [2.75, 3.05) is 25.2 Å². The Morgan fingerprint density at radius 1 is 1.69 bits per heavy atom. The zero-order chi connectivity index (χ0) is 9.84. The van der Waals surface area contributed by atoms with E-state index in [9.17, 15) is 9.00 Å². The molecule has 76 valence electrons. The summed E-state index contributed by atoms with van der Waals surface area (Å²) >= 11 is 0. The molecule has 4 nitrogen and oxygen atoms in total. The summed E-state index contributed by atoms with van der Waals surface area (Å²) in [6.07, 6.45) is 2.48. The van der Waals surface area contributed by atoms with Gasteiger partial charge >= 0.3 is 0 Å². The quantitative estimate of drug-likeness (QED) is 0.673. The summed E-state index contributed by atoms with van der Waals surface area (Å²) in [5.41, 5.74) is 0. The van der Waals surface area contributed by atoms with Gasteiger partial charge < -0.3 is 4.90 Å². The first-order valence-electron chi connectivity index (χ1n) is 4.47. The molecule has 1 rings (SSSR count). The van der Waals surface area contributed by atoms with Crippen LogP contribution in [-0.2, 0) is 15.6 Å². The number of hydrogen-bond donors (Lipinski definition) is 1. The van der Waals surface area contributed by atoms with E-state index >= 15 is 0 Å². The zero-order valence-electron chi connectivity index (χ0n) is 8.08. The van der Waals surface area contributed by atoms with E-state index in [4.69, 9.17) is 0 Å². The van der Waals surface area contributed by atoms with Gasteiger partial charge in [-0.05, 0) is 6.42 Å². The van der Waals surface area contributed by atoms with Gasteiger partial charge in [-0.1, -0.05) is 6.92 Å². The minimum absolute atomic E-state index is 0.0229.